The number of nitrogens with zero attached hydrogens (tertiary/aromatic N) is 3. The number of amides is 1. The molecule has 0 saturated carbocycles. The van der Waals surface area contributed by atoms with Crippen LogP contribution in [0.15, 0.2) is 4.40 Å². The van der Waals surface area contributed by atoms with E-state index in [1.807, 2.05) is 27.7 Å². The second-order valence-corrected chi connectivity index (χ2v) is 10.6. The summed E-state index contributed by atoms with van der Waals surface area (Å²) in [6, 6.07) is 0. The predicted molar refractivity (Wildman–Crippen MR) is 96.3 cm³/mol. The van der Waals surface area contributed by atoms with Crippen molar-refractivity contribution in [1.82, 2.24) is 9.88 Å². The van der Waals surface area contributed by atoms with Crippen LogP contribution < -0.4 is 0 Å². The summed E-state index contributed by atoms with van der Waals surface area (Å²) >= 11 is 0.273. The van der Waals surface area contributed by atoms with E-state index in [0.29, 0.717) is 25.9 Å². The van der Waals surface area contributed by atoms with E-state index >= 15 is 0 Å². The lowest BCUT2D eigenvalue weighted by molar-refractivity contribution is 0.114. The molecule has 2 aliphatic rings. The minimum Gasteiger partial charge on any atom is -0.591 e. The van der Waals surface area contributed by atoms with E-state index in [4.69, 9.17) is 0 Å². The highest BCUT2D eigenvalue weighted by molar-refractivity contribution is 7.91. The quantitative estimate of drug-likeness (QED) is 0.771. The number of hydrogen-bond donors (Lipinski definition) is 1. The van der Waals surface area contributed by atoms with Gasteiger partial charge in [-0.2, -0.15) is 0 Å². The maximum atomic E-state index is 12.6. The summed E-state index contributed by atoms with van der Waals surface area (Å²) in [5.74, 6) is 0. The molecule has 1 aromatic heterocycles. The Labute approximate surface area is 149 Å². The predicted octanol–water partition coefficient (Wildman–Crippen LogP) is 3.02. The third-order valence-corrected chi connectivity index (χ3v) is 7.13. The van der Waals surface area contributed by atoms with Crippen LogP contribution in [0.3, 0.4) is 0 Å². The Morgan fingerprint density at radius 2 is 2.04 bits per heavy atom. The molecule has 8 heteroatoms. The number of likely N-dealkylation sites (tertiary alicyclic amines) is 1. The Bertz CT molecular complexity index is 685. The van der Waals surface area contributed by atoms with Crippen molar-refractivity contribution in [2.75, 3.05) is 13.1 Å². The molecule has 1 aliphatic heterocycles. The van der Waals surface area contributed by atoms with Gasteiger partial charge in [0.2, 0.25) is 0 Å². The summed E-state index contributed by atoms with van der Waals surface area (Å²) in [5, 5.41) is 10.2. The number of fused-ring (bicyclic) bond motifs is 1. The normalized spacial score (nSPS) is 22.9. The Hall–Kier alpha value is -1.12. The first-order valence-corrected chi connectivity index (χ1v) is 10.0. The van der Waals surface area contributed by atoms with Crippen LogP contribution in [0.1, 0.15) is 49.2 Å². The fraction of sp³-hybridized carbons (Fsp3) is 0.688. The van der Waals surface area contributed by atoms with Crippen molar-refractivity contribution < 1.29 is 14.5 Å². The van der Waals surface area contributed by atoms with Gasteiger partial charge in [-0.1, -0.05) is 4.40 Å². The minimum atomic E-state index is -1.33. The van der Waals surface area contributed by atoms with Crippen molar-refractivity contribution >= 4 is 34.5 Å². The molecule has 0 unspecified atom stereocenters. The smallest absolute Gasteiger partial charge is 0.407 e. The molecule has 1 amide bonds. The van der Waals surface area contributed by atoms with Crippen LogP contribution in [-0.2, 0) is 17.8 Å². The van der Waals surface area contributed by atoms with Gasteiger partial charge in [0.1, 0.15) is 21.8 Å². The van der Waals surface area contributed by atoms with Crippen LogP contribution in [0.5, 0.6) is 0 Å². The second-order valence-electron chi connectivity index (χ2n) is 7.54. The fourth-order valence-electron chi connectivity index (χ4n) is 3.32. The molecule has 1 atom stereocenters. The third-order valence-electron chi connectivity index (χ3n) is 4.72. The van der Waals surface area contributed by atoms with Crippen molar-refractivity contribution in [3.8, 4) is 0 Å². The summed E-state index contributed by atoms with van der Waals surface area (Å²) in [7, 11) is 0. The molecular weight excluding hydrogens is 346 g/mol. The molecule has 0 radical (unpaired) electrons. The van der Waals surface area contributed by atoms with Gasteiger partial charge >= 0.3 is 6.09 Å². The topological polar surface area (TPSA) is 88.9 Å². The van der Waals surface area contributed by atoms with E-state index in [1.165, 1.54) is 4.90 Å². The van der Waals surface area contributed by atoms with Gasteiger partial charge in [-0.25, -0.2) is 9.78 Å². The second kappa shape index (κ2) is 6.00. The van der Waals surface area contributed by atoms with Crippen molar-refractivity contribution in [2.24, 2.45) is 9.81 Å². The lowest BCUT2D eigenvalue weighted by Crippen LogP contribution is -2.45. The zero-order valence-electron chi connectivity index (χ0n) is 14.5. The van der Waals surface area contributed by atoms with Gasteiger partial charge in [-0.05, 0) is 40.5 Å². The fourth-order valence-corrected chi connectivity index (χ4v) is 5.15. The zero-order valence-corrected chi connectivity index (χ0v) is 16.1. The van der Waals surface area contributed by atoms with E-state index in [1.54, 1.807) is 11.3 Å². The lowest BCUT2D eigenvalue weighted by atomic mass is 9.75. The monoisotopic (exact) mass is 369 g/mol. The first kappa shape index (κ1) is 17.7. The number of aryl methyl sites for hydroxylation is 1. The van der Waals surface area contributed by atoms with Gasteiger partial charge < -0.3 is 14.6 Å². The maximum Gasteiger partial charge on any atom is 0.407 e. The minimum absolute atomic E-state index is 0.214. The Morgan fingerprint density at radius 3 is 2.58 bits per heavy atom. The molecule has 0 bridgehead atoms. The Morgan fingerprint density at radius 1 is 1.42 bits per heavy atom. The summed E-state index contributed by atoms with van der Waals surface area (Å²) in [5.41, 5.74) is 1.71. The number of rotatable bonds is 1. The number of carbonyl (C=O) groups is 1. The molecule has 1 spiro atoms. The summed E-state index contributed by atoms with van der Waals surface area (Å²) in [4.78, 5) is 18.3. The summed E-state index contributed by atoms with van der Waals surface area (Å²) in [6.45, 7) is 8.71. The first-order chi connectivity index (χ1) is 11.1. The van der Waals surface area contributed by atoms with E-state index < -0.39 is 22.2 Å². The molecule has 2 heterocycles. The number of thiazole rings is 1. The van der Waals surface area contributed by atoms with Crippen LogP contribution in [0.4, 0.5) is 4.79 Å². The molecule has 0 aromatic carbocycles. The van der Waals surface area contributed by atoms with Crippen molar-refractivity contribution in [3.05, 3.63) is 15.6 Å². The Balaban J connectivity index is 1.96. The largest absolute Gasteiger partial charge is 0.591 e. The first-order valence-electron chi connectivity index (χ1n) is 8.08. The van der Waals surface area contributed by atoms with Crippen LogP contribution in [0.2, 0.25) is 0 Å². The molecule has 132 valence electrons. The molecule has 1 aromatic rings. The van der Waals surface area contributed by atoms with Gasteiger partial charge in [0.25, 0.3) is 0 Å². The van der Waals surface area contributed by atoms with Gasteiger partial charge in [0.05, 0.1) is 15.6 Å². The van der Waals surface area contributed by atoms with E-state index in [0.717, 1.165) is 27.7 Å². The molecule has 1 saturated heterocycles. The van der Waals surface area contributed by atoms with Crippen LogP contribution in [0, 0.1) is 12.3 Å². The highest BCUT2D eigenvalue weighted by Crippen LogP contribution is 2.47. The van der Waals surface area contributed by atoms with Gasteiger partial charge in [-0.3, -0.25) is 0 Å². The summed E-state index contributed by atoms with van der Waals surface area (Å²) < 4.78 is 16.9. The van der Waals surface area contributed by atoms with Crippen LogP contribution in [0.25, 0.3) is 0 Å². The van der Waals surface area contributed by atoms with E-state index in [-0.39, 0.29) is 5.41 Å². The number of piperidine rings is 1. The third kappa shape index (κ3) is 3.07. The van der Waals surface area contributed by atoms with Gasteiger partial charge in [0.15, 0.2) is 0 Å². The Kier molecular flexibility index (Phi) is 4.42. The van der Waals surface area contributed by atoms with E-state index in [9.17, 15) is 14.5 Å². The number of carboxylic acid groups (broad SMARTS) is 1. The molecular formula is C16H23N3O3S2. The molecule has 1 fully saturated rings. The van der Waals surface area contributed by atoms with Crippen molar-refractivity contribution in [3.63, 3.8) is 0 Å². The number of hydrogen-bond acceptors (Lipinski definition) is 5. The summed E-state index contributed by atoms with van der Waals surface area (Å²) in [6.07, 6.45) is 1.33. The average molecular weight is 370 g/mol. The molecule has 1 N–H and O–H groups in total. The molecule has 1 aliphatic carbocycles. The highest BCUT2D eigenvalue weighted by atomic mass is 32.2. The zero-order chi connectivity index (χ0) is 17.7. The van der Waals surface area contributed by atoms with Crippen LogP contribution >= 0.6 is 11.3 Å². The van der Waals surface area contributed by atoms with Crippen molar-refractivity contribution in [1.29, 1.82) is 0 Å². The molecule has 3 rings (SSSR count). The number of aromatic nitrogens is 1. The van der Waals surface area contributed by atoms with Crippen molar-refractivity contribution in [2.45, 2.75) is 51.7 Å². The van der Waals surface area contributed by atoms with E-state index in [2.05, 4.69) is 9.38 Å². The lowest BCUT2D eigenvalue weighted by Gasteiger charge is -2.38. The molecule has 6 nitrogen and oxygen atoms in total. The SMILES string of the molecule is Cc1nc2c(s1)/C(=N\[S@+]([O-])C(C)(C)C)C1(CCN(C(=O)O)CC1)C2. The van der Waals surface area contributed by atoms with Gasteiger partial charge in [0, 0.05) is 24.9 Å². The van der Waals surface area contributed by atoms with Crippen LogP contribution in [-0.4, -0.2) is 49.2 Å². The average Bonchev–Trinajstić information content (AvgIpc) is 2.94. The highest BCUT2D eigenvalue weighted by Gasteiger charge is 2.49. The maximum absolute atomic E-state index is 12.6. The molecule has 24 heavy (non-hydrogen) atoms. The van der Waals surface area contributed by atoms with Gasteiger partial charge in [-0.15, -0.1) is 11.3 Å². The standard InChI is InChI=1S/C16H23N3O3S2/c1-10-17-11-9-16(5-7-19(8-6-16)14(20)21)13(12(11)23-10)18-24(22)15(2,3)4/h5-9H2,1-4H3,(H,20,21)/b18-13+/t24-/m1/s1.